The number of carbonyl (C=O) groups is 2. The summed E-state index contributed by atoms with van der Waals surface area (Å²) in [6, 6.07) is 3.53. The molecule has 1 heterocycles. The maximum absolute atomic E-state index is 12.5. The topological polar surface area (TPSA) is 58.2 Å². The van der Waals surface area contributed by atoms with Crippen LogP contribution in [-0.2, 0) is 9.59 Å². The molecule has 0 aliphatic carbocycles. The summed E-state index contributed by atoms with van der Waals surface area (Å²) in [4.78, 5) is 22.6. The highest BCUT2D eigenvalue weighted by Crippen LogP contribution is 2.40. The minimum Gasteiger partial charge on any atom is -0.324 e. The van der Waals surface area contributed by atoms with E-state index in [1.807, 2.05) is 0 Å². The molecule has 0 aromatic heterocycles. The van der Waals surface area contributed by atoms with Gasteiger partial charge in [-0.15, -0.1) is 11.6 Å². The van der Waals surface area contributed by atoms with Gasteiger partial charge in [-0.2, -0.15) is 13.2 Å². The predicted molar refractivity (Wildman–Crippen MR) is 63.0 cm³/mol. The molecule has 1 aromatic rings. The van der Waals surface area contributed by atoms with Crippen LogP contribution < -0.4 is 10.6 Å². The zero-order valence-corrected chi connectivity index (χ0v) is 10.1. The van der Waals surface area contributed by atoms with Gasteiger partial charge >= 0.3 is 6.18 Å². The SMILES string of the molecule is O=C1CC(=O)Nc2cc(C(Cl)C(F)(F)F)ccc2N1. The normalized spacial score (nSPS) is 17.1. The molecule has 0 bridgehead atoms. The number of hydrogen-bond acceptors (Lipinski definition) is 2. The van der Waals surface area contributed by atoms with Gasteiger partial charge in [0, 0.05) is 0 Å². The second-order valence-corrected chi connectivity index (χ2v) is 4.42. The smallest absolute Gasteiger partial charge is 0.324 e. The van der Waals surface area contributed by atoms with E-state index in [0.29, 0.717) is 0 Å². The van der Waals surface area contributed by atoms with Crippen molar-refractivity contribution in [3.8, 4) is 0 Å². The van der Waals surface area contributed by atoms with Crippen molar-refractivity contribution in [3.63, 3.8) is 0 Å². The van der Waals surface area contributed by atoms with E-state index in [0.717, 1.165) is 12.1 Å². The highest BCUT2D eigenvalue weighted by molar-refractivity contribution is 6.21. The van der Waals surface area contributed by atoms with Crippen molar-refractivity contribution in [2.24, 2.45) is 0 Å². The van der Waals surface area contributed by atoms with Crippen LogP contribution in [0.5, 0.6) is 0 Å². The van der Waals surface area contributed by atoms with E-state index >= 15 is 0 Å². The molecule has 102 valence electrons. The van der Waals surface area contributed by atoms with Crippen LogP contribution >= 0.6 is 11.6 Å². The van der Waals surface area contributed by atoms with Gasteiger partial charge in [0.15, 0.2) is 5.38 Å². The van der Waals surface area contributed by atoms with E-state index in [9.17, 15) is 22.8 Å². The quantitative estimate of drug-likeness (QED) is 0.618. The maximum atomic E-state index is 12.5. The molecule has 1 aliphatic rings. The summed E-state index contributed by atoms with van der Waals surface area (Å²) in [6.07, 6.45) is -4.97. The van der Waals surface area contributed by atoms with Gasteiger partial charge < -0.3 is 10.6 Å². The van der Waals surface area contributed by atoms with Gasteiger partial charge in [0.2, 0.25) is 11.8 Å². The van der Waals surface area contributed by atoms with Gasteiger partial charge in [0.1, 0.15) is 6.42 Å². The van der Waals surface area contributed by atoms with Gasteiger partial charge in [-0.3, -0.25) is 9.59 Å². The molecule has 2 amide bonds. The first-order chi connectivity index (χ1) is 8.77. The molecule has 1 aromatic carbocycles. The molecule has 1 unspecified atom stereocenters. The molecule has 0 saturated heterocycles. The van der Waals surface area contributed by atoms with Crippen molar-refractivity contribution in [2.45, 2.75) is 18.0 Å². The third-order valence-electron chi connectivity index (χ3n) is 2.49. The van der Waals surface area contributed by atoms with Crippen LogP contribution in [0, 0.1) is 0 Å². The molecule has 2 N–H and O–H groups in total. The van der Waals surface area contributed by atoms with Gasteiger partial charge in [-0.1, -0.05) is 6.07 Å². The number of alkyl halides is 4. The van der Waals surface area contributed by atoms with E-state index < -0.39 is 23.4 Å². The third kappa shape index (κ3) is 2.98. The van der Waals surface area contributed by atoms with Crippen molar-refractivity contribution in [1.82, 2.24) is 0 Å². The van der Waals surface area contributed by atoms with E-state index in [-0.39, 0.29) is 23.4 Å². The second-order valence-electron chi connectivity index (χ2n) is 3.98. The van der Waals surface area contributed by atoms with E-state index in [1.165, 1.54) is 6.07 Å². The number of fused-ring (bicyclic) bond motifs is 1. The Labute approximate surface area is 110 Å². The van der Waals surface area contributed by atoms with Crippen molar-refractivity contribution >= 4 is 34.8 Å². The number of carbonyl (C=O) groups excluding carboxylic acids is 2. The molecular formula is C11H8ClF3N2O2. The fraction of sp³-hybridized carbons (Fsp3) is 0.273. The van der Waals surface area contributed by atoms with Crippen LogP contribution in [0.25, 0.3) is 0 Å². The van der Waals surface area contributed by atoms with Crippen molar-refractivity contribution in [3.05, 3.63) is 23.8 Å². The predicted octanol–water partition coefficient (Wildman–Crippen LogP) is 2.81. The van der Waals surface area contributed by atoms with E-state index in [2.05, 4.69) is 10.6 Å². The largest absolute Gasteiger partial charge is 0.408 e. The summed E-state index contributed by atoms with van der Waals surface area (Å²) in [5, 5.41) is 2.59. The zero-order chi connectivity index (χ0) is 14.2. The molecule has 0 saturated carbocycles. The highest BCUT2D eigenvalue weighted by Gasteiger charge is 2.39. The molecule has 0 spiro atoms. The van der Waals surface area contributed by atoms with E-state index in [4.69, 9.17) is 11.6 Å². The van der Waals surface area contributed by atoms with Crippen LogP contribution in [0.2, 0.25) is 0 Å². The fourth-order valence-electron chi connectivity index (χ4n) is 1.66. The lowest BCUT2D eigenvalue weighted by Crippen LogP contribution is -2.16. The second kappa shape index (κ2) is 4.73. The van der Waals surface area contributed by atoms with Gasteiger partial charge in [-0.05, 0) is 17.7 Å². The van der Waals surface area contributed by atoms with E-state index in [1.54, 1.807) is 0 Å². The van der Waals surface area contributed by atoms with Crippen molar-refractivity contribution < 1.29 is 22.8 Å². The summed E-state index contributed by atoms with van der Waals surface area (Å²) in [5.41, 5.74) is 0.137. The van der Waals surface area contributed by atoms with Crippen LogP contribution in [0.4, 0.5) is 24.5 Å². The summed E-state index contributed by atoms with van der Waals surface area (Å²) in [7, 11) is 0. The number of anilines is 2. The average Bonchev–Trinajstić information content (AvgIpc) is 2.42. The third-order valence-corrected chi connectivity index (χ3v) is 2.99. The Bertz CT molecular complexity index is 545. The molecule has 0 radical (unpaired) electrons. The number of amides is 2. The molecular weight excluding hydrogens is 285 g/mol. The Morgan fingerprint density at radius 3 is 2.26 bits per heavy atom. The lowest BCUT2D eigenvalue weighted by molar-refractivity contribution is -0.131. The lowest BCUT2D eigenvalue weighted by atomic mass is 10.1. The van der Waals surface area contributed by atoms with Crippen LogP contribution in [0.3, 0.4) is 0 Å². The standard InChI is InChI=1S/C11H8ClF3N2O2/c12-10(11(13,14)15)5-1-2-6-7(3-5)17-9(19)4-8(18)16-6/h1-3,10H,4H2,(H,16,18)(H,17,19). The first-order valence-electron chi connectivity index (χ1n) is 5.22. The lowest BCUT2D eigenvalue weighted by Gasteiger charge is -2.16. The first-order valence-corrected chi connectivity index (χ1v) is 5.65. The molecule has 0 fully saturated rings. The molecule has 19 heavy (non-hydrogen) atoms. The minimum absolute atomic E-state index is 0.100. The maximum Gasteiger partial charge on any atom is 0.408 e. The minimum atomic E-state index is -4.59. The average molecular weight is 293 g/mol. The fourth-order valence-corrected chi connectivity index (χ4v) is 1.79. The number of benzene rings is 1. The Morgan fingerprint density at radius 2 is 1.68 bits per heavy atom. The van der Waals surface area contributed by atoms with Crippen molar-refractivity contribution in [2.75, 3.05) is 10.6 Å². The number of rotatable bonds is 1. The number of hydrogen-bond donors (Lipinski definition) is 2. The Balaban J connectivity index is 2.38. The summed E-state index contributed by atoms with van der Waals surface area (Å²) in [5.74, 6) is -1.12. The van der Waals surface area contributed by atoms with Crippen molar-refractivity contribution in [1.29, 1.82) is 0 Å². The highest BCUT2D eigenvalue weighted by atomic mass is 35.5. The Hall–Kier alpha value is -1.76. The first kappa shape index (κ1) is 13.7. The van der Waals surface area contributed by atoms with Gasteiger partial charge in [-0.25, -0.2) is 0 Å². The zero-order valence-electron chi connectivity index (χ0n) is 9.34. The number of halogens is 4. The molecule has 8 heteroatoms. The van der Waals surface area contributed by atoms with Gasteiger partial charge in [0.25, 0.3) is 0 Å². The molecule has 4 nitrogen and oxygen atoms in total. The molecule has 1 aliphatic heterocycles. The summed E-state index contributed by atoms with van der Waals surface area (Å²) in [6.45, 7) is 0. The van der Waals surface area contributed by atoms with Crippen LogP contribution in [0.15, 0.2) is 18.2 Å². The summed E-state index contributed by atoms with van der Waals surface area (Å²) < 4.78 is 37.5. The summed E-state index contributed by atoms with van der Waals surface area (Å²) >= 11 is 5.31. The van der Waals surface area contributed by atoms with Crippen LogP contribution in [0.1, 0.15) is 17.4 Å². The van der Waals surface area contributed by atoms with Crippen LogP contribution in [-0.4, -0.2) is 18.0 Å². The molecule has 2 rings (SSSR count). The molecule has 1 atom stereocenters. The number of nitrogens with one attached hydrogen (secondary N) is 2. The Morgan fingerprint density at radius 1 is 1.11 bits per heavy atom. The van der Waals surface area contributed by atoms with Gasteiger partial charge in [0.05, 0.1) is 11.4 Å². The Kier molecular flexibility index (Phi) is 3.40. The monoisotopic (exact) mass is 292 g/mol.